The zero-order valence-electron chi connectivity index (χ0n) is 17.6. The Morgan fingerprint density at radius 3 is 1.96 bits per heavy atom. The van der Waals surface area contributed by atoms with Crippen molar-refractivity contribution in [3.8, 4) is 5.75 Å². The van der Waals surface area contributed by atoms with E-state index in [4.69, 9.17) is 4.74 Å². The first kappa shape index (κ1) is 22.4. The van der Waals surface area contributed by atoms with Crippen LogP contribution in [0.25, 0.3) is 0 Å². The number of aromatic nitrogens is 4. The number of methoxy groups -OCH3 is 1. The van der Waals surface area contributed by atoms with E-state index in [1.807, 2.05) is 58.0 Å². The Morgan fingerprint density at radius 2 is 1.56 bits per heavy atom. The summed E-state index contributed by atoms with van der Waals surface area (Å²) in [5, 5.41) is 6.88. The van der Waals surface area contributed by atoms with E-state index < -0.39 is 0 Å². The average Bonchev–Trinajstić information content (AvgIpc) is 3.08. The number of rotatable bonds is 3. The minimum atomic E-state index is 0.872. The van der Waals surface area contributed by atoms with Crippen LogP contribution in [0.3, 0.4) is 0 Å². The number of aromatic amines is 1. The van der Waals surface area contributed by atoms with E-state index in [1.54, 1.807) is 7.11 Å². The van der Waals surface area contributed by atoms with Gasteiger partial charge in [-0.25, -0.2) is 9.97 Å². The molecule has 0 spiro atoms. The highest BCUT2D eigenvalue weighted by atomic mass is 16.5. The van der Waals surface area contributed by atoms with E-state index in [2.05, 4.69) is 40.1 Å². The van der Waals surface area contributed by atoms with Gasteiger partial charge in [-0.3, -0.25) is 5.10 Å². The molecule has 0 radical (unpaired) electrons. The largest absolute Gasteiger partial charge is 0.496 e. The molecule has 0 amide bonds. The third-order valence-electron chi connectivity index (χ3n) is 3.82. The summed E-state index contributed by atoms with van der Waals surface area (Å²) in [6.07, 6.45) is 2.01. The predicted octanol–water partition coefficient (Wildman–Crippen LogP) is 4.94. The van der Waals surface area contributed by atoms with Crippen LogP contribution in [0.4, 0.5) is 0 Å². The van der Waals surface area contributed by atoms with Gasteiger partial charge in [-0.15, -0.1) is 0 Å². The van der Waals surface area contributed by atoms with Gasteiger partial charge in [0.25, 0.3) is 0 Å². The Balaban J connectivity index is 0.000000204. The molecule has 5 heteroatoms. The van der Waals surface area contributed by atoms with Crippen LogP contribution < -0.4 is 4.74 Å². The molecule has 0 fully saturated rings. The second-order valence-corrected chi connectivity index (χ2v) is 6.27. The highest BCUT2D eigenvalue weighted by molar-refractivity contribution is 5.31. The van der Waals surface area contributed by atoms with E-state index >= 15 is 0 Å². The number of ether oxygens (including phenoxy) is 1. The SMILES string of the molecule is CCc1cc(C)[nH]n1.CCc1cc(C)nc(C)n1.COc1ccccc1C. The van der Waals surface area contributed by atoms with Crippen molar-refractivity contribution in [2.24, 2.45) is 0 Å². The van der Waals surface area contributed by atoms with Crippen molar-refractivity contribution in [1.29, 1.82) is 0 Å². The zero-order chi connectivity index (χ0) is 20.2. The van der Waals surface area contributed by atoms with Gasteiger partial charge >= 0.3 is 0 Å². The molecule has 0 saturated carbocycles. The van der Waals surface area contributed by atoms with E-state index in [0.29, 0.717) is 0 Å². The quantitative estimate of drug-likeness (QED) is 0.711. The molecule has 0 aliphatic carbocycles. The fourth-order valence-electron chi connectivity index (χ4n) is 2.42. The van der Waals surface area contributed by atoms with E-state index in [9.17, 15) is 0 Å². The molecule has 5 nitrogen and oxygen atoms in total. The molecular weight excluding hydrogens is 336 g/mol. The van der Waals surface area contributed by atoms with Crippen molar-refractivity contribution >= 4 is 0 Å². The number of hydrogen-bond acceptors (Lipinski definition) is 4. The van der Waals surface area contributed by atoms with Gasteiger partial charge in [-0.2, -0.15) is 5.10 Å². The van der Waals surface area contributed by atoms with Gasteiger partial charge in [0.1, 0.15) is 11.6 Å². The molecule has 2 heterocycles. The molecule has 27 heavy (non-hydrogen) atoms. The van der Waals surface area contributed by atoms with Gasteiger partial charge in [0.05, 0.1) is 12.8 Å². The fraction of sp³-hybridized carbons (Fsp3) is 0.409. The number of H-pyrrole nitrogens is 1. The maximum absolute atomic E-state index is 5.04. The Kier molecular flexibility index (Phi) is 9.80. The maximum atomic E-state index is 5.04. The molecule has 0 bridgehead atoms. The van der Waals surface area contributed by atoms with Gasteiger partial charge in [0, 0.05) is 17.1 Å². The lowest BCUT2D eigenvalue weighted by molar-refractivity contribution is 0.411. The van der Waals surface area contributed by atoms with Crippen molar-refractivity contribution in [2.45, 2.75) is 54.4 Å². The third kappa shape index (κ3) is 8.49. The van der Waals surface area contributed by atoms with Crippen molar-refractivity contribution in [1.82, 2.24) is 20.2 Å². The van der Waals surface area contributed by atoms with Crippen LogP contribution in [-0.4, -0.2) is 27.3 Å². The summed E-state index contributed by atoms with van der Waals surface area (Å²) in [5.41, 5.74) is 5.65. The molecule has 0 aliphatic rings. The standard InChI is InChI=1S/C8H12N2.C8H10O.C6H10N2/c1-4-8-5-6(2)9-7(3)10-8;1-7-5-3-4-6-8(7)9-2;1-3-6-4-5(2)7-8-6/h5H,4H2,1-3H3;3-6H,1-2H3;4H,3H2,1-2H3,(H,7,8). The monoisotopic (exact) mass is 368 g/mol. The van der Waals surface area contributed by atoms with Gasteiger partial charge < -0.3 is 4.74 Å². The summed E-state index contributed by atoms with van der Waals surface area (Å²) >= 11 is 0. The van der Waals surface area contributed by atoms with E-state index in [1.165, 1.54) is 5.56 Å². The van der Waals surface area contributed by atoms with Crippen LogP contribution in [-0.2, 0) is 12.8 Å². The van der Waals surface area contributed by atoms with Crippen LogP contribution in [0.5, 0.6) is 5.75 Å². The number of aryl methyl sites for hydroxylation is 6. The third-order valence-corrected chi connectivity index (χ3v) is 3.82. The molecule has 1 N–H and O–H groups in total. The van der Waals surface area contributed by atoms with Gasteiger partial charge in [0.15, 0.2) is 0 Å². The highest BCUT2D eigenvalue weighted by Crippen LogP contribution is 2.14. The average molecular weight is 369 g/mol. The summed E-state index contributed by atoms with van der Waals surface area (Å²) in [5.74, 6) is 1.83. The lowest BCUT2D eigenvalue weighted by Gasteiger charge is -2.00. The summed E-state index contributed by atoms with van der Waals surface area (Å²) in [6, 6.07) is 12.0. The van der Waals surface area contributed by atoms with E-state index in [0.717, 1.165) is 47.2 Å². The Hall–Kier alpha value is -2.69. The molecule has 0 aliphatic heterocycles. The topological polar surface area (TPSA) is 63.7 Å². The van der Waals surface area contributed by atoms with Crippen molar-refractivity contribution in [2.75, 3.05) is 7.11 Å². The Labute approximate surface area is 163 Å². The smallest absolute Gasteiger partial charge is 0.125 e. The van der Waals surface area contributed by atoms with Crippen LogP contribution in [0.1, 0.15) is 48.0 Å². The van der Waals surface area contributed by atoms with Crippen LogP contribution >= 0.6 is 0 Å². The molecule has 1 aromatic carbocycles. The Bertz CT molecular complexity index is 791. The normalized spacial score (nSPS) is 9.59. The molecular formula is C22H32N4O. The van der Waals surface area contributed by atoms with Gasteiger partial charge in [-0.05, 0) is 64.3 Å². The molecule has 3 aromatic rings. The predicted molar refractivity (Wildman–Crippen MR) is 111 cm³/mol. The molecule has 0 atom stereocenters. The summed E-state index contributed by atoms with van der Waals surface area (Å²) in [4.78, 5) is 8.41. The maximum Gasteiger partial charge on any atom is 0.125 e. The number of nitrogens with zero attached hydrogens (tertiary/aromatic N) is 3. The zero-order valence-corrected chi connectivity index (χ0v) is 17.6. The van der Waals surface area contributed by atoms with Crippen molar-refractivity contribution in [3.05, 3.63) is 70.6 Å². The lowest BCUT2D eigenvalue weighted by atomic mass is 10.2. The number of benzene rings is 1. The summed E-state index contributed by atoms with van der Waals surface area (Å²) in [6.45, 7) is 12.1. The Morgan fingerprint density at radius 1 is 0.889 bits per heavy atom. The molecule has 146 valence electrons. The first-order valence-electron chi connectivity index (χ1n) is 9.31. The molecule has 2 aromatic heterocycles. The lowest BCUT2D eigenvalue weighted by Crippen LogP contribution is -1.95. The fourth-order valence-corrected chi connectivity index (χ4v) is 2.42. The van der Waals surface area contributed by atoms with Crippen LogP contribution in [0, 0.1) is 27.7 Å². The van der Waals surface area contributed by atoms with E-state index in [-0.39, 0.29) is 0 Å². The molecule has 3 rings (SSSR count). The second-order valence-electron chi connectivity index (χ2n) is 6.27. The highest BCUT2D eigenvalue weighted by Gasteiger charge is 1.94. The minimum absolute atomic E-state index is 0.872. The first-order valence-corrected chi connectivity index (χ1v) is 9.31. The summed E-state index contributed by atoms with van der Waals surface area (Å²) in [7, 11) is 1.68. The van der Waals surface area contributed by atoms with Crippen molar-refractivity contribution < 1.29 is 4.74 Å². The van der Waals surface area contributed by atoms with Gasteiger partial charge in [-0.1, -0.05) is 32.0 Å². The number of para-hydroxylation sites is 1. The van der Waals surface area contributed by atoms with Crippen LogP contribution in [0.2, 0.25) is 0 Å². The van der Waals surface area contributed by atoms with Gasteiger partial charge in [0.2, 0.25) is 0 Å². The minimum Gasteiger partial charge on any atom is -0.496 e. The molecule has 0 saturated heterocycles. The van der Waals surface area contributed by atoms with Crippen molar-refractivity contribution in [3.63, 3.8) is 0 Å². The number of nitrogens with one attached hydrogen (secondary N) is 1. The second kappa shape index (κ2) is 11.8. The number of hydrogen-bond donors (Lipinski definition) is 1. The molecule has 0 unspecified atom stereocenters. The summed E-state index contributed by atoms with van der Waals surface area (Å²) < 4.78 is 5.04. The van der Waals surface area contributed by atoms with Crippen LogP contribution in [0.15, 0.2) is 36.4 Å². The first-order chi connectivity index (χ1) is 12.9.